The lowest BCUT2D eigenvalue weighted by molar-refractivity contribution is 0.0949. The highest BCUT2D eigenvalue weighted by Crippen LogP contribution is 2.20. The number of aromatic nitrogens is 1. The highest BCUT2D eigenvalue weighted by molar-refractivity contribution is 6.35. The maximum atomic E-state index is 12.5. The van der Waals surface area contributed by atoms with Gasteiger partial charge < -0.3 is 10.6 Å². The Morgan fingerprint density at radius 2 is 1.16 bits per heavy atom. The summed E-state index contributed by atoms with van der Waals surface area (Å²) in [4.78, 5) is 28.9. The molecule has 0 atom stereocenters. The number of halogens is 4. The van der Waals surface area contributed by atoms with Crippen LogP contribution in [0.4, 0.5) is 0 Å². The Kier molecular flexibility index (Phi) is 8.76. The van der Waals surface area contributed by atoms with Crippen molar-refractivity contribution in [3.8, 4) is 0 Å². The molecule has 0 bridgehead atoms. The van der Waals surface area contributed by atoms with E-state index in [9.17, 15) is 9.59 Å². The highest BCUT2D eigenvalue weighted by atomic mass is 35.5. The van der Waals surface area contributed by atoms with E-state index < -0.39 is 0 Å². The van der Waals surface area contributed by atoms with Crippen LogP contribution in [-0.2, 0) is 12.8 Å². The molecule has 0 aliphatic rings. The summed E-state index contributed by atoms with van der Waals surface area (Å²) in [6.07, 6.45) is 2.55. The predicted molar refractivity (Wildman–Crippen MR) is 129 cm³/mol. The molecule has 0 spiro atoms. The molecule has 9 heteroatoms. The first-order valence-corrected chi connectivity index (χ1v) is 11.2. The van der Waals surface area contributed by atoms with Gasteiger partial charge in [-0.05, 0) is 72.5 Å². The van der Waals surface area contributed by atoms with Crippen LogP contribution in [0.15, 0.2) is 54.7 Å². The quantitative estimate of drug-likeness (QED) is 0.412. The third-order valence-corrected chi connectivity index (χ3v) is 5.37. The third-order valence-electron chi connectivity index (χ3n) is 4.50. The number of hydrogen-bond donors (Lipinski definition) is 2. The van der Waals surface area contributed by atoms with Crippen molar-refractivity contribution in [1.29, 1.82) is 0 Å². The summed E-state index contributed by atoms with van der Waals surface area (Å²) in [6.45, 7) is 0.761. The molecule has 166 valence electrons. The van der Waals surface area contributed by atoms with E-state index in [1.165, 1.54) is 12.3 Å². The number of nitrogens with zero attached hydrogens (tertiary/aromatic N) is 1. The van der Waals surface area contributed by atoms with Crippen molar-refractivity contribution in [1.82, 2.24) is 15.6 Å². The minimum Gasteiger partial charge on any atom is -0.352 e. The molecule has 0 aliphatic heterocycles. The zero-order valence-corrected chi connectivity index (χ0v) is 19.8. The van der Waals surface area contributed by atoms with Crippen LogP contribution in [0.25, 0.3) is 0 Å². The fraction of sp³-hybridized carbons (Fsp3) is 0.174. The number of pyridine rings is 1. The van der Waals surface area contributed by atoms with Crippen LogP contribution in [0, 0.1) is 0 Å². The smallest absolute Gasteiger partial charge is 0.269 e. The van der Waals surface area contributed by atoms with Crippen molar-refractivity contribution in [2.24, 2.45) is 0 Å². The number of carbonyl (C=O) groups excluding carboxylic acids is 2. The molecular weight excluding hydrogens is 492 g/mol. The van der Waals surface area contributed by atoms with E-state index in [0.29, 0.717) is 51.6 Å². The first-order chi connectivity index (χ1) is 15.3. The maximum absolute atomic E-state index is 12.5. The SMILES string of the molecule is O=C(NCCc1cc(Cl)cc(Cl)c1)c1ccnc(C(=O)NCCc2cc(Cl)cc(Cl)c2)c1. The summed E-state index contributed by atoms with van der Waals surface area (Å²) >= 11 is 24.0. The summed E-state index contributed by atoms with van der Waals surface area (Å²) in [5.41, 5.74) is 2.32. The fourth-order valence-corrected chi connectivity index (χ4v) is 4.18. The van der Waals surface area contributed by atoms with Crippen molar-refractivity contribution in [2.75, 3.05) is 13.1 Å². The van der Waals surface area contributed by atoms with E-state index in [-0.39, 0.29) is 17.5 Å². The lowest BCUT2D eigenvalue weighted by atomic mass is 10.1. The number of rotatable bonds is 8. The molecule has 3 rings (SSSR count). The van der Waals surface area contributed by atoms with Gasteiger partial charge in [-0.15, -0.1) is 0 Å². The van der Waals surface area contributed by atoms with Crippen LogP contribution in [0.1, 0.15) is 32.0 Å². The molecule has 2 aromatic carbocycles. The zero-order valence-electron chi connectivity index (χ0n) is 16.8. The minimum atomic E-state index is -0.374. The molecule has 32 heavy (non-hydrogen) atoms. The highest BCUT2D eigenvalue weighted by Gasteiger charge is 2.12. The molecule has 2 N–H and O–H groups in total. The number of hydrogen-bond acceptors (Lipinski definition) is 3. The van der Waals surface area contributed by atoms with Crippen LogP contribution < -0.4 is 10.6 Å². The van der Waals surface area contributed by atoms with Crippen LogP contribution in [0.5, 0.6) is 0 Å². The molecule has 0 radical (unpaired) electrons. The van der Waals surface area contributed by atoms with Gasteiger partial charge in [0.05, 0.1) is 0 Å². The Morgan fingerprint density at radius 3 is 1.66 bits per heavy atom. The van der Waals surface area contributed by atoms with Gasteiger partial charge >= 0.3 is 0 Å². The Bertz CT molecular complexity index is 1010. The summed E-state index contributed by atoms with van der Waals surface area (Å²) < 4.78 is 0. The van der Waals surface area contributed by atoms with Crippen LogP contribution in [0.2, 0.25) is 20.1 Å². The van der Waals surface area contributed by atoms with Gasteiger partial charge in [0.25, 0.3) is 11.8 Å². The minimum absolute atomic E-state index is 0.156. The molecule has 3 aromatic rings. The average molecular weight is 511 g/mol. The summed E-state index contributed by atoms with van der Waals surface area (Å²) in [6, 6.07) is 13.5. The zero-order chi connectivity index (χ0) is 23.1. The largest absolute Gasteiger partial charge is 0.352 e. The van der Waals surface area contributed by atoms with Gasteiger partial charge in [-0.3, -0.25) is 14.6 Å². The third kappa shape index (κ3) is 7.38. The number of carbonyl (C=O) groups is 2. The van der Waals surface area contributed by atoms with Crippen molar-refractivity contribution in [2.45, 2.75) is 12.8 Å². The standard InChI is InChI=1S/C23H19Cl4N3O2/c24-17-7-14(8-18(25)12-17)1-4-29-22(31)16-3-6-28-21(11-16)23(32)30-5-2-15-9-19(26)13-20(27)10-15/h3,6-13H,1-2,4-5H2,(H,29,31)(H,30,32). The van der Waals surface area contributed by atoms with E-state index >= 15 is 0 Å². The second kappa shape index (κ2) is 11.5. The van der Waals surface area contributed by atoms with Crippen molar-refractivity contribution < 1.29 is 9.59 Å². The number of amides is 2. The monoisotopic (exact) mass is 509 g/mol. The topological polar surface area (TPSA) is 71.1 Å². The second-order valence-corrected chi connectivity index (χ2v) is 8.74. The molecule has 1 aromatic heterocycles. The molecule has 0 saturated heterocycles. The lowest BCUT2D eigenvalue weighted by Crippen LogP contribution is -2.28. The van der Waals surface area contributed by atoms with Gasteiger partial charge in [0.1, 0.15) is 5.69 Å². The van der Waals surface area contributed by atoms with Crippen molar-refractivity contribution >= 4 is 58.2 Å². The van der Waals surface area contributed by atoms with Crippen LogP contribution in [-0.4, -0.2) is 29.9 Å². The fourth-order valence-electron chi connectivity index (χ4n) is 3.04. The van der Waals surface area contributed by atoms with Gasteiger partial charge in [-0.1, -0.05) is 46.4 Å². The molecule has 0 saturated carbocycles. The normalized spacial score (nSPS) is 10.6. The molecular formula is C23H19Cl4N3O2. The van der Waals surface area contributed by atoms with Gasteiger partial charge in [0.2, 0.25) is 0 Å². The van der Waals surface area contributed by atoms with E-state index in [1.54, 1.807) is 42.5 Å². The van der Waals surface area contributed by atoms with E-state index in [4.69, 9.17) is 46.4 Å². The lowest BCUT2D eigenvalue weighted by Gasteiger charge is -2.08. The Balaban J connectivity index is 1.51. The number of benzene rings is 2. The van der Waals surface area contributed by atoms with Gasteiger partial charge in [-0.25, -0.2) is 0 Å². The van der Waals surface area contributed by atoms with E-state index in [1.807, 2.05) is 0 Å². The number of nitrogens with one attached hydrogen (secondary N) is 2. The second-order valence-electron chi connectivity index (χ2n) is 7.00. The van der Waals surface area contributed by atoms with Crippen molar-refractivity contribution in [3.63, 3.8) is 0 Å². The first kappa shape index (κ1) is 24.3. The molecule has 0 aliphatic carbocycles. The van der Waals surface area contributed by atoms with E-state index in [0.717, 1.165) is 11.1 Å². The first-order valence-electron chi connectivity index (χ1n) is 9.72. The molecule has 1 heterocycles. The summed E-state index contributed by atoms with van der Waals surface area (Å²) in [5.74, 6) is -0.676. The van der Waals surface area contributed by atoms with Crippen LogP contribution >= 0.6 is 46.4 Å². The molecule has 2 amide bonds. The Hall–Kier alpha value is -2.31. The maximum Gasteiger partial charge on any atom is 0.269 e. The molecule has 5 nitrogen and oxygen atoms in total. The van der Waals surface area contributed by atoms with Gasteiger partial charge in [0.15, 0.2) is 0 Å². The Labute approximate surface area is 206 Å². The van der Waals surface area contributed by atoms with Gasteiger partial charge in [0, 0.05) is 44.9 Å². The van der Waals surface area contributed by atoms with Gasteiger partial charge in [-0.2, -0.15) is 0 Å². The Morgan fingerprint density at radius 1 is 0.688 bits per heavy atom. The average Bonchev–Trinajstić information content (AvgIpc) is 2.72. The summed E-state index contributed by atoms with van der Waals surface area (Å²) in [7, 11) is 0. The van der Waals surface area contributed by atoms with Crippen molar-refractivity contribution in [3.05, 3.63) is 97.2 Å². The summed E-state index contributed by atoms with van der Waals surface area (Å²) in [5, 5.41) is 7.77. The van der Waals surface area contributed by atoms with E-state index in [2.05, 4.69) is 15.6 Å². The predicted octanol–water partition coefficient (Wildman–Crippen LogP) is 5.64. The molecule has 0 unspecified atom stereocenters. The van der Waals surface area contributed by atoms with Crippen LogP contribution in [0.3, 0.4) is 0 Å². The molecule has 0 fully saturated rings.